The van der Waals surface area contributed by atoms with Crippen LogP contribution in [-0.2, 0) is 11.2 Å². The zero-order valence-electron chi connectivity index (χ0n) is 8.68. The van der Waals surface area contributed by atoms with Gasteiger partial charge in [-0.05, 0) is 32.1 Å². The fourth-order valence-corrected chi connectivity index (χ4v) is 1.25. The van der Waals surface area contributed by atoms with E-state index in [9.17, 15) is 13.6 Å². The van der Waals surface area contributed by atoms with Crippen molar-refractivity contribution in [2.45, 2.75) is 20.3 Å². The molecule has 3 heteroatoms. The Morgan fingerprint density at radius 1 is 1.27 bits per heavy atom. The van der Waals surface area contributed by atoms with Gasteiger partial charge in [-0.1, -0.05) is 11.6 Å². The third-order valence-corrected chi connectivity index (χ3v) is 1.86. The highest BCUT2D eigenvalue weighted by atomic mass is 19.1. The fraction of sp³-hybridized carbons (Fsp3) is 0.250. The van der Waals surface area contributed by atoms with E-state index in [1.54, 1.807) is 13.8 Å². The van der Waals surface area contributed by atoms with Crippen molar-refractivity contribution in [1.82, 2.24) is 0 Å². The van der Waals surface area contributed by atoms with Crippen LogP contribution in [0, 0.1) is 11.6 Å². The Labute approximate surface area is 87.4 Å². The highest BCUT2D eigenvalue weighted by Gasteiger charge is 2.11. The number of benzene rings is 1. The molecule has 0 saturated carbocycles. The van der Waals surface area contributed by atoms with Crippen LogP contribution in [0.2, 0.25) is 0 Å². The van der Waals surface area contributed by atoms with Crippen molar-refractivity contribution in [1.29, 1.82) is 0 Å². The molecule has 0 aliphatic carbocycles. The molecule has 80 valence electrons. The second kappa shape index (κ2) is 4.82. The van der Waals surface area contributed by atoms with Gasteiger partial charge < -0.3 is 0 Å². The molecule has 1 aromatic carbocycles. The monoisotopic (exact) mass is 210 g/mol. The first-order valence-corrected chi connectivity index (χ1v) is 4.61. The second-order valence-electron chi connectivity index (χ2n) is 3.56. The number of hydrogen-bond acceptors (Lipinski definition) is 1. The van der Waals surface area contributed by atoms with Crippen LogP contribution in [-0.4, -0.2) is 5.78 Å². The summed E-state index contributed by atoms with van der Waals surface area (Å²) < 4.78 is 26.3. The maximum Gasteiger partial charge on any atom is 0.160 e. The summed E-state index contributed by atoms with van der Waals surface area (Å²) in [6, 6.07) is 3.57. The molecule has 0 amide bonds. The molecule has 15 heavy (non-hydrogen) atoms. The zero-order chi connectivity index (χ0) is 11.4. The Kier molecular flexibility index (Phi) is 3.72. The normalized spacial score (nSPS) is 9.87. The molecule has 0 bridgehead atoms. The second-order valence-corrected chi connectivity index (χ2v) is 3.56. The minimum atomic E-state index is -0.675. The molecular formula is C12H12F2O. The average molecular weight is 210 g/mol. The molecule has 0 saturated heterocycles. The molecule has 0 fully saturated rings. The summed E-state index contributed by atoms with van der Waals surface area (Å²) in [5.41, 5.74) is 0.650. The lowest BCUT2D eigenvalue weighted by Crippen LogP contribution is -2.04. The fourth-order valence-electron chi connectivity index (χ4n) is 1.25. The van der Waals surface area contributed by atoms with Crippen LogP contribution < -0.4 is 0 Å². The topological polar surface area (TPSA) is 17.1 Å². The molecular weight excluding hydrogens is 198 g/mol. The smallest absolute Gasteiger partial charge is 0.160 e. The van der Waals surface area contributed by atoms with Crippen molar-refractivity contribution in [2.24, 2.45) is 0 Å². The van der Waals surface area contributed by atoms with E-state index in [0.717, 1.165) is 17.7 Å². The maximum atomic E-state index is 13.1. The molecule has 0 atom stereocenters. The van der Waals surface area contributed by atoms with Gasteiger partial charge in [-0.15, -0.1) is 0 Å². The summed E-state index contributed by atoms with van der Waals surface area (Å²) in [6.07, 6.45) is 1.15. The first-order valence-electron chi connectivity index (χ1n) is 4.61. The molecule has 0 spiro atoms. The van der Waals surface area contributed by atoms with Crippen molar-refractivity contribution >= 4 is 5.78 Å². The minimum absolute atomic E-state index is 0.167. The Balaban J connectivity index is 2.90. The lowest BCUT2D eigenvalue weighted by molar-refractivity contribution is -0.114. The van der Waals surface area contributed by atoms with Gasteiger partial charge in [0.25, 0.3) is 0 Å². The number of ketones is 1. The summed E-state index contributed by atoms with van der Waals surface area (Å²) in [4.78, 5) is 11.3. The summed E-state index contributed by atoms with van der Waals surface area (Å²) >= 11 is 0. The molecule has 0 aliphatic heterocycles. The van der Waals surface area contributed by atoms with Crippen LogP contribution in [0.1, 0.15) is 19.4 Å². The van der Waals surface area contributed by atoms with Gasteiger partial charge in [-0.2, -0.15) is 0 Å². The first-order chi connectivity index (χ1) is 7.00. The van der Waals surface area contributed by atoms with Crippen molar-refractivity contribution in [3.63, 3.8) is 0 Å². The lowest BCUT2D eigenvalue weighted by atomic mass is 10.1. The minimum Gasteiger partial charge on any atom is -0.294 e. The molecule has 0 unspecified atom stereocenters. The van der Waals surface area contributed by atoms with Crippen LogP contribution >= 0.6 is 0 Å². The van der Waals surface area contributed by atoms with Crippen LogP contribution in [0.3, 0.4) is 0 Å². The largest absolute Gasteiger partial charge is 0.294 e. The van der Waals surface area contributed by atoms with Crippen molar-refractivity contribution in [2.75, 3.05) is 0 Å². The van der Waals surface area contributed by atoms with Crippen molar-refractivity contribution in [3.05, 3.63) is 47.0 Å². The Hall–Kier alpha value is -1.51. The third kappa shape index (κ3) is 3.27. The average Bonchev–Trinajstić information content (AvgIpc) is 2.10. The molecule has 0 aliphatic rings. The van der Waals surface area contributed by atoms with Gasteiger partial charge in [-0.25, -0.2) is 8.78 Å². The van der Waals surface area contributed by atoms with Gasteiger partial charge in [0.15, 0.2) is 5.78 Å². The van der Waals surface area contributed by atoms with Crippen molar-refractivity contribution < 1.29 is 13.6 Å². The van der Waals surface area contributed by atoms with Crippen LogP contribution in [0.25, 0.3) is 0 Å². The summed E-state index contributed by atoms with van der Waals surface area (Å²) in [7, 11) is 0. The number of allylic oxidation sites excluding steroid dienone is 2. The summed E-state index contributed by atoms with van der Waals surface area (Å²) in [6.45, 7) is 3.52. The van der Waals surface area contributed by atoms with Crippen molar-refractivity contribution in [3.8, 4) is 0 Å². The zero-order valence-corrected chi connectivity index (χ0v) is 8.68. The van der Waals surface area contributed by atoms with Gasteiger partial charge in [0.1, 0.15) is 11.6 Å². The van der Waals surface area contributed by atoms with E-state index < -0.39 is 11.6 Å². The van der Waals surface area contributed by atoms with Crippen LogP contribution in [0.15, 0.2) is 29.8 Å². The van der Waals surface area contributed by atoms with E-state index in [0.29, 0.717) is 0 Å². The number of rotatable bonds is 3. The molecule has 1 aromatic rings. The van der Waals surface area contributed by atoms with E-state index >= 15 is 0 Å². The molecule has 0 aromatic heterocycles. The number of hydrogen-bond donors (Lipinski definition) is 0. The Morgan fingerprint density at radius 3 is 2.27 bits per heavy atom. The lowest BCUT2D eigenvalue weighted by Gasteiger charge is -2.01. The maximum absolute atomic E-state index is 13.1. The van der Waals surface area contributed by atoms with E-state index in [2.05, 4.69) is 0 Å². The highest BCUT2D eigenvalue weighted by Crippen LogP contribution is 2.13. The predicted octanol–water partition coefficient (Wildman–Crippen LogP) is 3.04. The molecule has 0 heterocycles. The highest BCUT2D eigenvalue weighted by molar-refractivity contribution is 5.91. The van der Waals surface area contributed by atoms with Crippen LogP contribution in [0.4, 0.5) is 8.78 Å². The molecule has 1 rings (SSSR count). The predicted molar refractivity (Wildman–Crippen MR) is 54.5 cm³/mol. The van der Waals surface area contributed by atoms with E-state index in [4.69, 9.17) is 0 Å². The number of carbonyl (C=O) groups excluding carboxylic acids is 1. The Morgan fingerprint density at radius 2 is 1.80 bits per heavy atom. The van der Waals surface area contributed by atoms with Crippen LogP contribution in [0.5, 0.6) is 0 Å². The molecule has 1 nitrogen and oxygen atoms in total. The molecule has 0 N–H and O–H groups in total. The standard InChI is InChI=1S/C12H12F2O/c1-8(2)6-9(15)7-10-11(13)4-3-5-12(10)14/h3-6H,7H2,1-2H3. The molecule has 0 radical (unpaired) electrons. The summed E-state index contributed by atoms with van der Waals surface area (Å²) in [5, 5.41) is 0. The first kappa shape index (κ1) is 11.6. The van der Waals surface area contributed by atoms with Gasteiger partial charge in [0.2, 0.25) is 0 Å². The number of carbonyl (C=O) groups is 1. The van der Waals surface area contributed by atoms with Gasteiger partial charge in [0, 0.05) is 12.0 Å². The van der Waals surface area contributed by atoms with E-state index in [1.165, 1.54) is 12.1 Å². The van der Waals surface area contributed by atoms with Gasteiger partial charge in [-0.3, -0.25) is 4.79 Å². The number of halogens is 2. The van der Waals surface area contributed by atoms with Gasteiger partial charge in [0.05, 0.1) is 0 Å². The summed E-state index contributed by atoms with van der Waals surface area (Å²) in [5.74, 6) is -1.64. The quantitative estimate of drug-likeness (QED) is 0.701. The SMILES string of the molecule is CC(C)=CC(=O)Cc1c(F)cccc1F. The van der Waals surface area contributed by atoms with Gasteiger partial charge >= 0.3 is 0 Å². The Bertz CT molecular complexity index is 384. The van der Waals surface area contributed by atoms with E-state index in [1.807, 2.05) is 0 Å². The third-order valence-electron chi connectivity index (χ3n) is 1.86. The van der Waals surface area contributed by atoms with E-state index in [-0.39, 0.29) is 17.8 Å².